The first-order valence-corrected chi connectivity index (χ1v) is 4.79. The molecule has 1 aromatic carbocycles. The summed E-state index contributed by atoms with van der Waals surface area (Å²) in [7, 11) is 0.0369. The van der Waals surface area contributed by atoms with E-state index < -0.39 is 0 Å². The molecule has 1 aromatic heterocycles. The van der Waals surface area contributed by atoms with Crippen molar-refractivity contribution in [3.63, 3.8) is 0 Å². The van der Waals surface area contributed by atoms with E-state index >= 15 is 0 Å². The van der Waals surface area contributed by atoms with E-state index in [1.54, 1.807) is 0 Å². The fourth-order valence-corrected chi connectivity index (χ4v) is 1.86. The molecule has 0 saturated carbocycles. The van der Waals surface area contributed by atoms with Gasteiger partial charge in [0.25, 0.3) is 0 Å². The van der Waals surface area contributed by atoms with Gasteiger partial charge in [-0.25, -0.2) is 0 Å². The van der Waals surface area contributed by atoms with E-state index in [0.717, 1.165) is 6.32 Å². The van der Waals surface area contributed by atoms with Gasteiger partial charge in [0, 0.05) is 11.8 Å². The normalized spacial score (nSPS) is 16.7. The molecule has 0 amide bonds. The van der Waals surface area contributed by atoms with Crippen molar-refractivity contribution in [1.82, 2.24) is 4.48 Å². The van der Waals surface area contributed by atoms with E-state index in [1.807, 2.05) is 18.3 Å². The highest BCUT2D eigenvalue weighted by molar-refractivity contribution is 6.51. The number of aromatic nitrogens is 1. The topological polar surface area (TPSA) is 23.4 Å². The first kappa shape index (κ1) is 8.09. The lowest BCUT2D eigenvalue weighted by Crippen LogP contribution is -2.21. The lowest BCUT2D eigenvalue weighted by molar-refractivity contribution is -0.186. The maximum atomic E-state index is 5.17. The second-order valence-electron chi connectivity index (χ2n) is 3.44. The molecule has 70 valence electrons. The van der Waals surface area contributed by atoms with E-state index in [0.29, 0.717) is 6.61 Å². The maximum Gasteiger partial charge on any atom is 0.459 e. The fourth-order valence-electron chi connectivity index (χ4n) is 1.86. The fraction of sp³-hybridized carbons (Fsp3) is 0.200. The highest BCUT2D eigenvalue weighted by Gasteiger charge is 2.27. The van der Waals surface area contributed by atoms with Crippen LogP contribution < -0.4 is 0 Å². The maximum absolute atomic E-state index is 5.17. The van der Waals surface area contributed by atoms with Crippen LogP contribution in [0, 0.1) is 0 Å². The first-order chi connectivity index (χ1) is 6.95. The molecule has 1 aliphatic heterocycles. The van der Waals surface area contributed by atoms with Crippen LogP contribution in [0.2, 0.25) is 6.32 Å². The lowest BCUT2D eigenvalue weighted by atomic mass is 9.79. The van der Waals surface area contributed by atoms with Gasteiger partial charge in [0.05, 0.1) is 6.61 Å². The zero-order valence-electron chi connectivity index (χ0n) is 7.72. The Morgan fingerprint density at radius 2 is 2.14 bits per heavy atom. The highest BCUT2D eigenvalue weighted by atomic mass is 17.2. The highest BCUT2D eigenvalue weighted by Crippen LogP contribution is 2.19. The van der Waals surface area contributed by atoms with Crippen molar-refractivity contribution in [3.8, 4) is 0 Å². The Labute approximate surface area is 82.3 Å². The lowest BCUT2D eigenvalue weighted by Gasteiger charge is -2.06. The van der Waals surface area contributed by atoms with Crippen LogP contribution in [-0.4, -0.2) is 18.1 Å². The Kier molecular flexibility index (Phi) is 1.82. The number of para-hydroxylation sites is 1. The smallest absolute Gasteiger partial charge is 0.364 e. The van der Waals surface area contributed by atoms with Crippen molar-refractivity contribution in [1.29, 1.82) is 0 Å². The molecule has 0 unspecified atom stereocenters. The predicted molar refractivity (Wildman–Crippen MR) is 54.9 cm³/mol. The van der Waals surface area contributed by atoms with E-state index in [9.17, 15) is 0 Å². The third-order valence-corrected chi connectivity index (χ3v) is 2.57. The Bertz CT molecular complexity index is 448. The minimum absolute atomic E-state index is 0.0369. The van der Waals surface area contributed by atoms with Crippen molar-refractivity contribution >= 4 is 18.0 Å². The third kappa shape index (κ3) is 1.15. The van der Waals surface area contributed by atoms with Gasteiger partial charge in [0.1, 0.15) is 0 Å². The molecule has 2 aromatic rings. The summed E-state index contributed by atoms with van der Waals surface area (Å²) in [6.07, 6.45) is 2.96. The molecule has 0 bridgehead atoms. The molecular formula is C10H10BNO2. The van der Waals surface area contributed by atoms with Gasteiger partial charge in [-0.3, -0.25) is 9.69 Å². The van der Waals surface area contributed by atoms with Gasteiger partial charge >= 0.3 is 7.05 Å². The largest absolute Gasteiger partial charge is 0.459 e. The van der Waals surface area contributed by atoms with Gasteiger partial charge in [0.2, 0.25) is 0 Å². The van der Waals surface area contributed by atoms with Crippen LogP contribution in [0.1, 0.15) is 0 Å². The van der Waals surface area contributed by atoms with E-state index in [2.05, 4.69) is 22.7 Å². The standard InChI is InChI=1S/C10H10BNO2/c1-2-4-10-9(3-1)5-7-12(10)11-6-8-13-14-11/h1-5,7H,6,8H2. The number of rotatable bonds is 1. The summed E-state index contributed by atoms with van der Waals surface area (Å²) in [4.78, 5) is 10.1. The van der Waals surface area contributed by atoms with Crippen molar-refractivity contribution < 1.29 is 9.69 Å². The van der Waals surface area contributed by atoms with Crippen LogP contribution in [0.4, 0.5) is 0 Å². The molecule has 0 radical (unpaired) electrons. The van der Waals surface area contributed by atoms with Crippen LogP contribution in [0.25, 0.3) is 10.9 Å². The van der Waals surface area contributed by atoms with Crippen LogP contribution in [0.5, 0.6) is 0 Å². The summed E-state index contributed by atoms with van der Waals surface area (Å²) in [5.41, 5.74) is 1.20. The second kappa shape index (κ2) is 3.15. The van der Waals surface area contributed by atoms with Gasteiger partial charge < -0.3 is 4.48 Å². The van der Waals surface area contributed by atoms with Crippen LogP contribution >= 0.6 is 0 Å². The Hall–Kier alpha value is -1.26. The summed E-state index contributed by atoms with van der Waals surface area (Å²) in [5.74, 6) is 0. The number of hydrogen-bond donors (Lipinski definition) is 0. The number of hydrogen-bond acceptors (Lipinski definition) is 2. The third-order valence-electron chi connectivity index (χ3n) is 2.57. The van der Waals surface area contributed by atoms with Crippen molar-refractivity contribution in [2.24, 2.45) is 0 Å². The minimum atomic E-state index is 0.0369. The molecular weight excluding hydrogens is 177 g/mol. The molecule has 1 aliphatic rings. The monoisotopic (exact) mass is 187 g/mol. The molecule has 3 rings (SSSR count). The molecule has 0 spiro atoms. The van der Waals surface area contributed by atoms with Crippen LogP contribution in [0.15, 0.2) is 36.5 Å². The first-order valence-electron chi connectivity index (χ1n) is 4.79. The average Bonchev–Trinajstić information content (AvgIpc) is 2.85. The Morgan fingerprint density at radius 3 is 3.00 bits per heavy atom. The second-order valence-corrected chi connectivity index (χ2v) is 3.44. The van der Waals surface area contributed by atoms with Crippen molar-refractivity contribution in [3.05, 3.63) is 36.5 Å². The Morgan fingerprint density at radius 1 is 1.21 bits per heavy atom. The van der Waals surface area contributed by atoms with Gasteiger partial charge in [-0.2, -0.15) is 0 Å². The van der Waals surface area contributed by atoms with Gasteiger partial charge in [-0.1, -0.05) is 18.2 Å². The van der Waals surface area contributed by atoms with Gasteiger partial charge in [-0.15, -0.1) is 0 Å². The van der Waals surface area contributed by atoms with Crippen molar-refractivity contribution in [2.75, 3.05) is 6.61 Å². The SMILES string of the molecule is c1ccc2c(c1)ccn2B1CCOO1. The quantitative estimate of drug-likeness (QED) is 0.503. The summed E-state index contributed by atoms with van der Waals surface area (Å²) >= 11 is 0. The minimum Gasteiger partial charge on any atom is -0.364 e. The van der Waals surface area contributed by atoms with E-state index in [4.69, 9.17) is 9.69 Å². The molecule has 14 heavy (non-hydrogen) atoms. The number of benzene rings is 1. The zero-order chi connectivity index (χ0) is 9.38. The Balaban J connectivity index is 2.11. The molecule has 0 aliphatic carbocycles. The molecule has 1 fully saturated rings. The summed E-state index contributed by atoms with van der Waals surface area (Å²) in [6.45, 7) is 0.678. The molecule has 0 N–H and O–H groups in total. The number of fused-ring (bicyclic) bond motifs is 1. The zero-order valence-corrected chi connectivity index (χ0v) is 7.72. The molecule has 4 heteroatoms. The number of nitrogens with zero attached hydrogens (tertiary/aromatic N) is 1. The summed E-state index contributed by atoms with van der Waals surface area (Å²) < 4.78 is 2.11. The summed E-state index contributed by atoms with van der Waals surface area (Å²) in [6, 6.07) is 10.4. The molecule has 1 saturated heterocycles. The van der Waals surface area contributed by atoms with Gasteiger partial charge in [-0.05, 0) is 23.7 Å². The predicted octanol–water partition coefficient (Wildman–Crippen LogP) is 1.94. The molecule has 0 atom stereocenters. The van der Waals surface area contributed by atoms with Gasteiger partial charge in [0.15, 0.2) is 0 Å². The van der Waals surface area contributed by atoms with E-state index in [1.165, 1.54) is 10.9 Å². The van der Waals surface area contributed by atoms with Crippen LogP contribution in [0.3, 0.4) is 0 Å². The van der Waals surface area contributed by atoms with E-state index in [-0.39, 0.29) is 7.05 Å². The summed E-state index contributed by atoms with van der Waals surface area (Å²) in [5, 5.41) is 1.24. The van der Waals surface area contributed by atoms with Crippen molar-refractivity contribution in [2.45, 2.75) is 6.32 Å². The van der Waals surface area contributed by atoms with Crippen LogP contribution in [-0.2, 0) is 9.69 Å². The average molecular weight is 187 g/mol. The molecule has 3 nitrogen and oxygen atoms in total. The molecule has 2 heterocycles.